The predicted molar refractivity (Wildman–Crippen MR) is 92.8 cm³/mol. The van der Waals surface area contributed by atoms with Gasteiger partial charge < -0.3 is 10.6 Å². The van der Waals surface area contributed by atoms with Gasteiger partial charge in [0.25, 0.3) is 0 Å². The summed E-state index contributed by atoms with van der Waals surface area (Å²) in [5.41, 5.74) is 3.73. The molecule has 2 aromatic carbocycles. The minimum atomic E-state index is -0.249. The number of hydrogen-bond acceptors (Lipinski definition) is 5. The normalized spacial score (nSPS) is 10.5. The Morgan fingerprint density at radius 2 is 1.75 bits per heavy atom. The van der Waals surface area contributed by atoms with Gasteiger partial charge in [-0.25, -0.2) is 4.39 Å². The second kappa shape index (κ2) is 7.04. The zero-order valence-electron chi connectivity index (χ0n) is 13.5. The number of halogens is 1. The second-order valence-electron chi connectivity index (χ2n) is 5.50. The third-order valence-electron chi connectivity index (χ3n) is 3.69. The van der Waals surface area contributed by atoms with Crippen molar-refractivity contribution >= 4 is 17.5 Å². The minimum absolute atomic E-state index is 0.249. The Kier molecular flexibility index (Phi) is 4.65. The van der Waals surface area contributed by atoms with Crippen molar-refractivity contribution in [3.63, 3.8) is 0 Å². The Morgan fingerprint density at radius 1 is 1.00 bits per heavy atom. The Labute approximate surface area is 140 Å². The molecule has 2 N–H and O–H groups in total. The highest BCUT2D eigenvalue weighted by molar-refractivity contribution is 5.63. The number of nitrogens with zero attached hydrogens (tertiary/aromatic N) is 3. The third-order valence-corrected chi connectivity index (χ3v) is 3.69. The molecule has 0 aliphatic heterocycles. The van der Waals surface area contributed by atoms with Crippen LogP contribution in [0.2, 0.25) is 0 Å². The van der Waals surface area contributed by atoms with Crippen LogP contribution in [0.25, 0.3) is 0 Å². The highest BCUT2D eigenvalue weighted by atomic mass is 19.1. The lowest BCUT2D eigenvalue weighted by molar-refractivity contribution is 0.613. The maximum atomic E-state index is 13.6. The summed E-state index contributed by atoms with van der Waals surface area (Å²) in [5.74, 6) is 0.675. The van der Waals surface area contributed by atoms with E-state index in [9.17, 15) is 4.39 Å². The Bertz CT molecular complexity index is 830. The lowest BCUT2D eigenvalue weighted by atomic mass is 10.1. The first-order chi connectivity index (χ1) is 11.6. The van der Waals surface area contributed by atoms with E-state index in [-0.39, 0.29) is 5.82 Å². The van der Waals surface area contributed by atoms with Crippen molar-refractivity contribution in [3.05, 3.63) is 71.2 Å². The molecule has 0 aliphatic carbocycles. The van der Waals surface area contributed by atoms with E-state index in [1.165, 1.54) is 12.3 Å². The van der Waals surface area contributed by atoms with Crippen LogP contribution in [0.3, 0.4) is 0 Å². The molecule has 0 unspecified atom stereocenters. The van der Waals surface area contributed by atoms with Gasteiger partial charge in [0.1, 0.15) is 5.82 Å². The van der Waals surface area contributed by atoms with Crippen LogP contribution in [0.15, 0.2) is 48.7 Å². The molecule has 0 saturated heterocycles. The van der Waals surface area contributed by atoms with Crippen LogP contribution in [0.4, 0.5) is 21.8 Å². The van der Waals surface area contributed by atoms with Gasteiger partial charge in [-0.2, -0.15) is 10.1 Å². The molecule has 3 rings (SSSR count). The maximum absolute atomic E-state index is 13.6. The average molecular weight is 323 g/mol. The molecule has 0 bridgehead atoms. The summed E-state index contributed by atoms with van der Waals surface area (Å²) in [5, 5.41) is 14.2. The lowest BCUT2D eigenvalue weighted by Crippen LogP contribution is -2.07. The summed E-state index contributed by atoms with van der Waals surface area (Å²) >= 11 is 0. The number of aryl methyl sites for hydroxylation is 2. The number of hydrogen-bond donors (Lipinski definition) is 2. The van der Waals surface area contributed by atoms with E-state index in [0.29, 0.717) is 23.9 Å². The van der Waals surface area contributed by atoms with Crippen LogP contribution in [0.5, 0.6) is 0 Å². The zero-order chi connectivity index (χ0) is 16.9. The van der Waals surface area contributed by atoms with Crippen molar-refractivity contribution in [2.45, 2.75) is 20.4 Å². The van der Waals surface area contributed by atoms with Gasteiger partial charge >= 0.3 is 0 Å². The van der Waals surface area contributed by atoms with E-state index in [1.54, 1.807) is 18.2 Å². The first-order valence-corrected chi connectivity index (χ1v) is 7.64. The second-order valence-corrected chi connectivity index (χ2v) is 5.50. The van der Waals surface area contributed by atoms with Crippen molar-refractivity contribution in [1.29, 1.82) is 0 Å². The van der Waals surface area contributed by atoms with Gasteiger partial charge in [0.2, 0.25) is 5.95 Å². The topological polar surface area (TPSA) is 62.7 Å². The van der Waals surface area contributed by atoms with Crippen LogP contribution >= 0.6 is 0 Å². The molecule has 0 aliphatic rings. The fourth-order valence-electron chi connectivity index (χ4n) is 2.39. The summed E-state index contributed by atoms with van der Waals surface area (Å²) in [6.07, 6.45) is 1.51. The van der Waals surface area contributed by atoms with Gasteiger partial charge in [-0.05, 0) is 31.0 Å². The van der Waals surface area contributed by atoms with Crippen LogP contribution in [-0.4, -0.2) is 15.2 Å². The molecular formula is C18H18FN5. The van der Waals surface area contributed by atoms with Gasteiger partial charge in [-0.3, -0.25) is 0 Å². The Morgan fingerprint density at radius 3 is 2.50 bits per heavy atom. The van der Waals surface area contributed by atoms with Crippen molar-refractivity contribution in [1.82, 2.24) is 15.2 Å². The molecule has 5 nitrogen and oxygen atoms in total. The first kappa shape index (κ1) is 15.9. The molecule has 0 fully saturated rings. The SMILES string of the molecule is Cc1cccc(C)c1Nc1nncc(NCc2ccccc2F)n1. The summed E-state index contributed by atoms with van der Waals surface area (Å²) in [7, 11) is 0. The molecule has 1 heterocycles. The predicted octanol–water partition coefficient (Wildman–Crippen LogP) is 3.98. The molecule has 3 aromatic rings. The molecule has 0 saturated carbocycles. The van der Waals surface area contributed by atoms with Crippen LogP contribution in [0, 0.1) is 19.7 Å². The average Bonchev–Trinajstić information content (AvgIpc) is 2.58. The number of anilines is 3. The molecular weight excluding hydrogens is 305 g/mol. The third kappa shape index (κ3) is 3.65. The quantitative estimate of drug-likeness (QED) is 0.743. The van der Waals surface area contributed by atoms with E-state index in [2.05, 4.69) is 25.8 Å². The number of para-hydroxylation sites is 1. The van der Waals surface area contributed by atoms with Crippen molar-refractivity contribution in [2.75, 3.05) is 10.6 Å². The van der Waals surface area contributed by atoms with Crippen LogP contribution in [0.1, 0.15) is 16.7 Å². The van der Waals surface area contributed by atoms with Crippen LogP contribution < -0.4 is 10.6 Å². The van der Waals surface area contributed by atoms with Gasteiger partial charge in [-0.1, -0.05) is 36.4 Å². The van der Waals surface area contributed by atoms with E-state index in [1.807, 2.05) is 32.0 Å². The summed E-state index contributed by atoms with van der Waals surface area (Å²) in [4.78, 5) is 4.38. The largest absolute Gasteiger partial charge is 0.364 e. The van der Waals surface area contributed by atoms with E-state index >= 15 is 0 Å². The summed E-state index contributed by atoms with van der Waals surface area (Å²) in [6, 6.07) is 12.7. The number of rotatable bonds is 5. The van der Waals surface area contributed by atoms with Gasteiger partial charge in [0.15, 0.2) is 5.82 Å². The molecule has 1 aromatic heterocycles. The zero-order valence-corrected chi connectivity index (χ0v) is 13.5. The molecule has 0 atom stereocenters. The minimum Gasteiger partial charge on any atom is -0.364 e. The fourth-order valence-corrected chi connectivity index (χ4v) is 2.39. The van der Waals surface area contributed by atoms with E-state index < -0.39 is 0 Å². The van der Waals surface area contributed by atoms with Crippen LogP contribution in [-0.2, 0) is 6.54 Å². The summed E-state index contributed by atoms with van der Waals surface area (Å²) < 4.78 is 13.6. The van der Waals surface area contributed by atoms with E-state index in [0.717, 1.165) is 16.8 Å². The number of aromatic nitrogens is 3. The summed E-state index contributed by atoms with van der Waals surface area (Å²) in [6.45, 7) is 4.36. The fraction of sp³-hybridized carbons (Fsp3) is 0.167. The molecule has 24 heavy (non-hydrogen) atoms. The maximum Gasteiger partial charge on any atom is 0.249 e. The highest BCUT2D eigenvalue weighted by Gasteiger charge is 2.07. The smallest absolute Gasteiger partial charge is 0.249 e. The molecule has 6 heteroatoms. The lowest BCUT2D eigenvalue weighted by Gasteiger charge is -2.12. The molecule has 0 amide bonds. The monoisotopic (exact) mass is 323 g/mol. The van der Waals surface area contributed by atoms with Crippen molar-refractivity contribution in [3.8, 4) is 0 Å². The van der Waals surface area contributed by atoms with Gasteiger partial charge in [-0.15, -0.1) is 5.10 Å². The van der Waals surface area contributed by atoms with Crippen molar-refractivity contribution < 1.29 is 4.39 Å². The number of nitrogens with one attached hydrogen (secondary N) is 2. The molecule has 0 spiro atoms. The van der Waals surface area contributed by atoms with E-state index in [4.69, 9.17) is 0 Å². The number of benzene rings is 2. The van der Waals surface area contributed by atoms with Crippen molar-refractivity contribution in [2.24, 2.45) is 0 Å². The highest BCUT2D eigenvalue weighted by Crippen LogP contribution is 2.22. The molecule has 122 valence electrons. The Hall–Kier alpha value is -3.02. The van der Waals surface area contributed by atoms with Gasteiger partial charge in [0.05, 0.1) is 6.20 Å². The standard InChI is InChI=1S/C18H18FN5/c1-12-6-5-7-13(2)17(12)23-18-22-16(11-21-24-18)20-10-14-8-3-4-9-15(14)19/h3-9,11H,10H2,1-2H3,(H2,20,22,23,24). The Balaban J connectivity index is 1.74. The first-order valence-electron chi connectivity index (χ1n) is 7.64. The van der Waals surface area contributed by atoms with Gasteiger partial charge in [0, 0.05) is 17.8 Å². The molecule has 0 radical (unpaired) electrons.